The number of nitrogens with one attached hydrogen (secondary N) is 1. The maximum atomic E-state index is 12.3. The van der Waals surface area contributed by atoms with Gasteiger partial charge in [-0.05, 0) is 25.5 Å². The number of carbonyl (C=O) groups is 1. The molecule has 0 saturated carbocycles. The number of β-amino-alcohol motifs (C(OH)–C–C–N with tert-alkyl or cyclic N) is 1. The molecule has 1 aliphatic rings. The zero-order valence-corrected chi connectivity index (χ0v) is 10.5. The van der Waals surface area contributed by atoms with Gasteiger partial charge in [-0.3, -0.25) is 9.78 Å². The van der Waals surface area contributed by atoms with Crippen molar-refractivity contribution in [3.8, 4) is 0 Å². The van der Waals surface area contributed by atoms with Gasteiger partial charge in [-0.1, -0.05) is 6.07 Å². The van der Waals surface area contributed by atoms with Crippen LogP contribution >= 0.6 is 0 Å². The van der Waals surface area contributed by atoms with Crippen molar-refractivity contribution in [1.29, 1.82) is 0 Å². The maximum Gasteiger partial charge on any atom is 0.240 e. The van der Waals surface area contributed by atoms with E-state index >= 15 is 0 Å². The fourth-order valence-corrected chi connectivity index (χ4v) is 2.16. The molecule has 98 valence electrons. The summed E-state index contributed by atoms with van der Waals surface area (Å²) in [4.78, 5) is 18.2. The van der Waals surface area contributed by atoms with Gasteiger partial charge in [0.2, 0.25) is 5.91 Å². The van der Waals surface area contributed by atoms with E-state index in [-0.39, 0.29) is 11.9 Å². The molecule has 0 spiro atoms. The third-order valence-corrected chi connectivity index (χ3v) is 3.18. The second-order valence-corrected chi connectivity index (χ2v) is 4.52. The van der Waals surface area contributed by atoms with Crippen LogP contribution in [-0.4, -0.2) is 46.1 Å². The zero-order valence-electron chi connectivity index (χ0n) is 10.5. The molecule has 0 aromatic carbocycles. The van der Waals surface area contributed by atoms with Gasteiger partial charge in [-0.25, -0.2) is 0 Å². The van der Waals surface area contributed by atoms with Crippen molar-refractivity contribution in [3.05, 3.63) is 30.1 Å². The Balaban J connectivity index is 1.98. The van der Waals surface area contributed by atoms with Gasteiger partial charge in [-0.2, -0.15) is 0 Å². The Morgan fingerprint density at radius 2 is 2.44 bits per heavy atom. The number of rotatable bonds is 4. The fourth-order valence-electron chi connectivity index (χ4n) is 2.16. The fraction of sp³-hybridized carbons (Fsp3) is 0.538. The molecule has 1 aliphatic heterocycles. The Bertz CT molecular complexity index is 396. The van der Waals surface area contributed by atoms with Crippen molar-refractivity contribution in [2.75, 3.05) is 13.1 Å². The molecule has 0 aliphatic carbocycles. The van der Waals surface area contributed by atoms with Gasteiger partial charge in [0.25, 0.3) is 0 Å². The Morgan fingerprint density at radius 1 is 1.61 bits per heavy atom. The van der Waals surface area contributed by atoms with Crippen molar-refractivity contribution in [1.82, 2.24) is 15.2 Å². The second-order valence-electron chi connectivity index (χ2n) is 4.52. The second kappa shape index (κ2) is 5.93. The number of hydrogen-bond donors (Lipinski definition) is 2. The van der Waals surface area contributed by atoms with Gasteiger partial charge in [0.05, 0.1) is 24.4 Å². The molecule has 2 rings (SSSR count). The Morgan fingerprint density at radius 3 is 3.00 bits per heavy atom. The minimum absolute atomic E-state index is 0.0414. The molecule has 5 heteroatoms. The van der Waals surface area contributed by atoms with Crippen molar-refractivity contribution in [2.45, 2.75) is 32.0 Å². The van der Waals surface area contributed by atoms with Crippen LogP contribution in [-0.2, 0) is 11.3 Å². The highest BCUT2D eigenvalue weighted by Crippen LogP contribution is 2.11. The van der Waals surface area contributed by atoms with Crippen LogP contribution < -0.4 is 5.32 Å². The maximum absolute atomic E-state index is 12.3. The number of carbonyl (C=O) groups excluding carboxylic acids is 1. The minimum atomic E-state index is -0.410. The number of aliphatic hydroxyl groups excluding tert-OH is 1. The summed E-state index contributed by atoms with van der Waals surface area (Å²) in [5.41, 5.74) is 0.881. The van der Waals surface area contributed by atoms with Crippen molar-refractivity contribution in [3.63, 3.8) is 0 Å². The standard InChI is InChI=1S/C13H19N3O2/c1-2-16(9-10-5-3-4-6-14-10)13(18)12-7-11(17)8-15-12/h3-6,11-12,15,17H,2,7-9H2,1H3. The Kier molecular flexibility index (Phi) is 4.28. The normalized spacial score (nSPS) is 23.0. The van der Waals surface area contributed by atoms with Crippen LogP contribution in [0.1, 0.15) is 19.0 Å². The first-order chi connectivity index (χ1) is 8.70. The number of aliphatic hydroxyl groups is 1. The molecule has 1 aromatic rings. The molecule has 2 heterocycles. The van der Waals surface area contributed by atoms with E-state index in [1.54, 1.807) is 11.1 Å². The largest absolute Gasteiger partial charge is 0.392 e. The lowest BCUT2D eigenvalue weighted by molar-refractivity contribution is -0.133. The predicted octanol–water partition coefficient (Wildman–Crippen LogP) is 0.153. The third kappa shape index (κ3) is 3.05. The quantitative estimate of drug-likeness (QED) is 0.797. The molecule has 2 unspecified atom stereocenters. The highest BCUT2D eigenvalue weighted by molar-refractivity contribution is 5.82. The van der Waals surface area contributed by atoms with Crippen LogP contribution in [0.5, 0.6) is 0 Å². The zero-order chi connectivity index (χ0) is 13.0. The molecule has 2 atom stereocenters. The summed E-state index contributed by atoms with van der Waals surface area (Å²) in [6, 6.07) is 5.42. The number of amides is 1. The summed E-state index contributed by atoms with van der Waals surface area (Å²) in [6.45, 7) is 3.61. The summed E-state index contributed by atoms with van der Waals surface area (Å²) < 4.78 is 0. The summed E-state index contributed by atoms with van der Waals surface area (Å²) in [7, 11) is 0. The monoisotopic (exact) mass is 249 g/mol. The summed E-state index contributed by atoms with van der Waals surface area (Å²) >= 11 is 0. The van der Waals surface area contributed by atoms with E-state index in [1.807, 2.05) is 25.1 Å². The van der Waals surface area contributed by atoms with Crippen LogP contribution in [0.4, 0.5) is 0 Å². The van der Waals surface area contributed by atoms with Crippen LogP contribution in [0.3, 0.4) is 0 Å². The van der Waals surface area contributed by atoms with Crippen molar-refractivity contribution in [2.24, 2.45) is 0 Å². The highest BCUT2D eigenvalue weighted by atomic mass is 16.3. The Labute approximate surface area is 107 Å². The number of pyridine rings is 1. The van der Waals surface area contributed by atoms with Crippen LogP contribution in [0.15, 0.2) is 24.4 Å². The molecule has 0 radical (unpaired) electrons. The van der Waals surface area contributed by atoms with E-state index in [0.29, 0.717) is 26.1 Å². The van der Waals surface area contributed by atoms with Gasteiger partial charge in [0, 0.05) is 19.3 Å². The van der Waals surface area contributed by atoms with Crippen LogP contribution in [0.2, 0.25) is 0 Å². The van der Waals surface area contributed by atoms with Gasteiger partial charge >= 0.3 is 0 Å². The number of nitrogens with zero attached hydrogens (tertiary/aromatic N) is 2. The predicted molar refractivity (Wildman–Crippen MR) is 67.7 cm³/mol. The molecule has 5 nitrogen and oxygen atoms in total. The van der Waals surface area contributed by atoms with Crippen molar-refractivity contribution >= 4 is 5.91 Å². The van der Waals surface area contributed by atoms with Crippen molar-refractivity contribution < 1.29 is 9.90 Å². The SMILES string of the molecule is CCN(Cc1ccccn1)C(=O)C1CC(O)CN1. The summed E-state index contributed by atoms with van der Waals surface area (Å²) in [5.74, 6) is 0.0414. The number of hydrogen-bond acceptors (Lipinski definition) is 4. The van der Waals surface area contributed by atoms with Gasteiger partial charge in [0.15, 0.2) is 0 Å². The average molecular weight is 249 g/mol. The molecular formula is C13H19N3O2. The van der Waals surface area contributed by atoms with Gasteiger partial charge < -0.3 is 15.3 Å². The van der Waals surface area contributed by atoms with Gasteiger partial charge in [-0.15, -0.1) is 0 Å². The summed E-state index contributed by atoms with van der Waals surface area (Å²) in [5, 5.41) is 12.5. The van der Waals surface area contributed by atoms with E-state index in [4.69, 9.17) is 0 Å². The van der Waals surface area contributed by atoms with E-state index in [9.17, 15) is 9.90 Å². The molecule has 0 bridgehead atoms. The van der Waals surface area contributed by atoms with Crippen LogP contribution in [0, 0.1) is 0 Å². The first-order valence-electron chi connectivity index (χ1n) is 6.31. The molecule has 2 N–H and O–H groups in total. The van der Waals surface area contributed by atoms with E-state index in [2.05, 4.69) is 10.3 Å². The molecule has 1 saturated heterocycles. The molecule has 1 aromatic heterocycles. The average Bonchev–Trinajstić information content (AvgIpc) is 2.83. The molecule has 1 amide bonds. The topological polar surface area (TPSA) is 65.5 Å². The molecule has 18 heavy (non-hydrogen) atoms. The highest BCUT2D eigenvalue weighted by Gasteiger charge is 2.30. The third-order valence-electron chi connectivity index (χ3n) is 3.18. The van der Waals surface area contributed by atoms with E-state index < -0.39 is 6.10 Å². The van der Waals surface area contributed by atoms with E-state index in [1.165, 1.54) is 0 Å². The minimum Gasteiger partial charge on any atom is -0.392 e. The first-order valence-corrected chi connectivity index (χ1v) is 6.31. The number of likely N-dealkylation sites (N-methyl/N-ethyl adjacent to an activating group) is 1. The van der Waals surface area contributed by atoms with E-state index in [0.717, 1.165) is 5.69 Å². The smallest absolute Gasteiger partial charge is 0.240 e. The number of aromatic nitrogens is 1. The lowest BCUT2D eigenvalue weighted by Crippen LogP contribution is -2.43. The summed E-state index contributed by atoms with van der Waals surface area (Å²) in [6.07, 6.45) is 1.82. The van der Waals surface area contributed by atoms with Crippen LogP contribution in [0.25, 0.3) is 0 Å². The molecule has 1 fully saturated rings. The molecular weight excluding hydrogens is 230 g/mol. The first kappa shape index (κ1) is 13.0. The lowest BCUT2D eigenvalue weighted by Gasteiger charge is -2.23. The van der Waals surface area contributed by atoms with Gasteiger partial charge in [0.1, 0.15) is 0 Å². The Hall–Kier alpha value is -1.46. The lowest BCUT2D eigenvalue weighted by atomic mass is 10.1.